The predicted octanol–water partition coefficient (Wildman–Crippen LogP) is -0.285. The topological polar surface area (TPSA) is 60.9 Å². The highest BCUT2D eigenvalue weighted by atomic mass is 16.2. The van der Waals surface area contributed by atoms with Crippen molar-refractivity contribution in [2.45, 2.75) is 19.4 Å². The lowest BCUT2D eigenvalue weighted by atomic mass is 10.2. The van der Waals surface area contributed by atoms with Gasteiger partial charge in [-0.2, -0.15) is 5.10 Å². The summed E-state index contributed by atoms with van der Waals surface area (Å²) in [7, 11) is 0. The minimum atomic E-state index is -0.377. The first-order valence-corrected chi connectivity index (χ1v) is 3.54. The average Bonchev–Trinajstić information content (AvgIpc) is 2.37. The highest BCUT2D eigenvalue weighted by molar-refractivity contribution is 5.86. The molecule has 11 heavy (non-hydrogen) atoms. The molecule has 0 saturated carbocycles. The smallest absolute Gasteiger partial charge is 0.264 e. The number of nitrogens with zero attached hydrogens (tertiary/aromatic N) is 2. The van der Waals surface area contributed by atoms with E-state index in [0.717, 1.165) is 11.4 Å². The molecule has 58 valence electrons. The summed E-state index contributed by atoms with van der Waals surface area (Å²) in [4.78, 5) is 11.2. The zero-order valence-electron chi connectivity index (χ0n) is 6.24. The van der Waals surface area contributed by atoms with Crippen molar-refractivity contribution in [2.24, 2.45) is 5.73 Å². The van der Waals surface area contributed by atoms with Gasteiger partial charge in [-0.1, -0.05) is 0 Å². The fourth-order valence-corrected chi connectivity index (χ4v) is 1.36. The van der Waals surface area contributed by atoms with Crippen molar-refractivity contribution >= 4 is 5.91 Å². The average molecular weight is 151 g/mol. The molecule has 2 heterocycles. The van der Waals surface area contributed by atoms with Gasteiger partial charge in [0.1, 0.15) is 0 Å². The lowest BCUT2D eigenvalue weighted by molar-refractivity contribution is 0.0888. The van der Waals surface area contributed by atoms with Gasteiger partial charge in [-0.25, -0.2) is 4.68 Å². The number of carbonyl (C=O) groups is 1. The van der Waals surface area contributed by atoms with Crippen LogP contribution in [-0.2, 0) is 6.42 Å². The molecule has 0 spiro atoms. The van der Waals surface area contributed by atoms with Crippen molar-refractivity contribution in [3.05, 3.63) is 17.5 Å². The first-order valence-electron chi connectivity index (χ1n) is 3.54. The van der Waals surface area contributed by atoms with Crippen LogP contribution in [0.3, 0.4) is 0 Å². The number of aryl methyl sites for hydroxylation is 1. The van der Waals surface area contributed by atoms with Crippen molar-refractivity contribution in [1.82, 2.24) is 9.78 Å². The summed E-state index contributed by atoms with van der Waals surface area (Å²) in [6.45, 7) is 1.87. The quantitative estimate of drug-likeness (QED) is 0.554. The van der Waals surface area contributed by atoms with E-state index in [2.05, 4.69) is 5.10 Å². The van der Waals surface area contributed by atoms with Gasteiger partial charge in [0.25, 0.3) is 5.91 Å². The SMILES string of the molecule is Cc1cc2n(n1)C(=O)[C@@H](N)C2. The molecule has 0 aliphatic carbocycles. The van der Waals surface area contributed by atoms with E-state index in [0.29, 0.717) is 6.42 Å². The number of hydrogen-bond donors (Lipinski definition) is 1. The van der Waals surface area contributed by atoms with Gasteiger partial charge in [0.2, 0.25) is 0 Å². The Bertz CT molecular complexity index is 315. The molecule has 0 radical (unpaired) electrons. The Balaban J connectivity index is 2.52. The third kappa shape index (κ3) is 0.793. The summed E-state index contributed by atoms with van der Waals surface area (Å²) in [5, 5.41) is 4.01. The fourth-order valence-electron chi connectivity index (χ4n) is 1.36. The van der Waals surface area contributed by atoms with Gasteiger partial charge < -0.3 is 5.73 Å². The zero-order valence-corrected chi connectivity index (χ0v) is 6.24. The van der Waals surface area contributed by atoms with Gasteiger partial charge in [-0.3, -0.25) is 4.79 Å². The van der Waals surface area contributed by atoms with Crippen molar-refractivity contribution in [1.29, 1.82) is 0 Å². The second kappa shape index (κ2) is 1.92. The first kappa shape index (κ1) is 6.54. The summed E-state index contributed by atoms with van der Waals surface area (Å²) >= 11 is 0. The van der Waals surface area contributed by atoms with E-state index in [4.69, 9.17) is 5.73 Å². The summed E-state index contributed by atoms with van der Waals surface area (Å²) in [6, 6.07) is 1.52. The maximum absolute atomic E-state index is 11.2. The minimum absolute atomic E-state index is 0.0897. The van der Waals surface area contributed by atoms with E-state index in [1.807, 2.05) is 13.0 Å². The predicted molar refractivity (Wildman–Crippen MR) is 39.3 cm³/mol. The summed E-state index contributed by atoms with van der Waals surface area (Å²) in [5.41, 5.74) is 7.32. The lowest BCUT2D eigenvalue weighted by Crippen LogP contribution is -2.29. The molecule has 1 aliphatic rings. The normalized spacial score (nSPS) is 22.4. The molecule has 4 heteroatoms. The summed E-state index contributed by atoms with van der Waals surface area (Å²) in [6.07, 6.45) is 0.625. The molecule has 2 rings (SSSR count). The summed E-state index contributed by atoms with van der Waals surface area (Å²) < 4.78 is 1.40. The van der Waals surface area contributed by atoms with Gasteiger partial charge in [0, 0.05) is 12.1 Å². The Labute approximate surface area is 64.0 Å². The first-order chi connectivity index (χ1) is 5.18. The second-order valence-corrected chi connectivity index (χ2v) is 2.84. The maximum Gasteiger partial charge on any atom is 0.264 e. The Morgan fingerprint density at radius 3 is 3.18 bits per heavy atom. The van der Waals surface area contributed by atoms with E-state index in [1.54, 1.807) is 0 Å². The Morgan fingerprint density at radius 2 is 2.55 bits per heavy atom. The van der Waals surface area contributed by atoms with Crippen molar-refractivity contribution in [2.75, 3.05) is 0 Å². The number of fused-ring (bicyclic) bond motifs is 1. The third-order valence-corrected chi connectivity index (χ3v) is 1.86. The van der Waals surface area contributed by atoms with E-state index in [-0.39, 0.29) is 11.9 Å². The molecular formula is C7H9N3O. The number of rotatable bonds is 0. The van der Waals surface area contributed by atoms with Crippen LogP contribution in [0.4, 0.5) is 0 Å². The van der Waals surface area contributed by atoms with E-state index < -0.39 is 0 Å². The van der Waals surface area contributed by atoms with Crippen molar-refractivity contribution < 1.29 is 4.79 Å². The largest absolute Gasteiger partial charge is 0.319 e. The second-order valence-electron chi connectivity index (χ2n) is 2.84. The monoisotopic (exact) mass is 151 g/mol. The van der Waals surface area contributed by atoms with Crippen molar-refractivity contribution in [3.8, 4) is 0 Å². The molecular weight excluding hydrogens is 142 g/mol. The Kier molecular flexibility index (Phi) is 1.14. The third-order valence-electron chi connectivity index (χ3n) is 1.86. The Morgan fingerprint density at radius 1 is 1.82 bits per heavy atom. The molecule has 0 bridgehead atoms. The van der Waals surface area contributed by atoms with Gasteiger partial charge in [0.05, 0.1) is 11.7 Å². The highest BCUT2D eigenvalue weighted by Crippen LogP contribution is 2.13. The lowest BCUT2D eigenvalue weighted by Gasteiger charge is -1.95. The Hall–Kier alpha value is -1.16. The minimum Gasteiger partial charge on any atom is -0.319 e. The number of carbonyl (C=O) groups excluding carboxylic acids is 1. The molecule has 1 aliphatic heterocycles. The van der Waals surface area contributed by atoms with Crippen LogP contribution in [0, 0.1) is 6.92 Å². The molecule has 0 saturated heterocycles. The molecule has 0 amide bonds. The van der Waals surface area contributed by atoms with E-state index in [9.17, 15) is 4.79 Å². The van der Waals surface area contributed by atoms with Crippen LogP contribution in [-0.4, -0.2) is 21.7 Å². The molecule has 1 aromatic heterocycles. The van der Waals surface area contributed by atoms with Crippen LogP contribution in [0.15, 0.2) is 6.07 Å². The molecule has 4 nitrogen and oxygen atoms in total. The van der Waals surface area contributed by atoms with Crippen LogP contribution >= 0.6 is 0 Å². The van der Waals surface area contributed by atoms with Crippen LogP contribution in [0.5, 0.6) is 0 Å². The number of hydrogen-bond acceptors (Lipinski definition) is 3. The maximum atomic E-state index is 11.2. The van der Waals surface area contributed by atoms with Crippen LogP contribution in [0.25, 0.3) is 0 Å². The molecule has 1 atom stereocenters. The number of aromatic nitrogens is 2. The zero-order chi connectivity index (χ0) is 8.01. The molecule has 0 fully saturated rings. The fraction of sp³-hybridized carbons (Fsp3) is 0.429. The van der Waals surface area contributed by atoms with Gasteiger partial charge in [0.15, 0.2) is 0 Å². The molecule has 0 unspecified atom stereocenters. The molecule has 1 aromatic rings. The van der Waals surface area contributed by atoms with E-state index in [1.165, 1.54) is 4.68 Å². The van der Waals surface area contributed by atoms with Crippen LogP contribution < -0.4 is 5.73 Å². The highest BCUT2D eigenvalue weighted by Gasteiger charge is 2.28. The number of nitrogens with two attached hydrogens (primary N) is 1. The van der Waals surface area contributed by atoms with Gasteiger partial charge >= 0.3 is 0 Å². The standard InChI is InChI=1S/C7H9N3O/c1-4-2-5-3-6(8)7(11)10(5)9-4/h2,6H,3,8H2,1H3/t6-/m0/s1. The molecule has 2 N–H and O–H groups in total. The van der Waals surface area contributed by atoms with Crippen LogP contribution in [0.1, 0.15) is 16.2 Å². The van der Waals surface area contributed by atoms with Gasteiger partial charge in [-0.15, -0.1) is 0 Å². The van der Waals surface area contributed by atoms with E-state index >= 15 is 0 Å². The van der Waals surface area contributed by atoms with Crippen LogP contribution in [0.2, 0.25) is 0 Å². The van der Waals surface area contributed by atoms with Gasteiger partial charge in [-0.05, 0) is 13.0 Å². The summed E-state index contributed by atoms with van der Waals surface area (Å²) in [5.74, 6) is -0.0897. The molecule has 0 aromatic carbocycles. The van der Waals surface area contributed by atoms with Crippen molar-refractivity contribution in [3.63, 3.8) is 0 Å².